The maximum atomic E-state index is 10.5. The lowest BCUT2D eigenvalue weighted by Crippen LogP contribution is -1.99. The van der Waals surface area contributed by atoms with E-state index < -0.39 is 6.10 Å². The normalized spacial score (nSPS) is 12.8. The molecule has 3 aromatic rings. The summed E-state index contributed by atoms with van der Waals surface area (Å²) in [4.78, 5) is 5.53. The van der Waals surface area contributed by atoms with E-state index in [0.717, 1.165) is 22.0 Å². The number of aryl methyl sites for hydroxylation is 1. The first kappa shape index (κ1) is 11.4. The lowest BCUT2D eigenvalue weighted by atomic mass is 9.99. The van der Waals surface area contributed by atoms with Crippen molar-refractivity contribution in [3.05, 3.63) is 64.0 Å². The molecule has 0 aliphatic carbocycles. The lowest BCUT2D eigenvalue weighted by molar-refractivity contribution is 0.222. The third-order valence-electron chi connectivity index (χ3n) is 3.04. The van der Waals surface area contributed by atoms with E-state index in [1.54, 1.807) is 17.5 Å². The van der Waals surface area contributed by atoms with Crippen molar-refractivity contribution in [3.63, 3.8) is 0 Å². The van der Waals surface area contributed by atoms with E-state index in [2.05, 4.69) is 4.98 Å². The van der Waals surface area contributed by atoms with Gasteiger partial charge in [-0.25, -0.2) is 0 Å². The molecule has 2 nitrogen and oxygen atoms in total. The van der Waals surface area contributed by atoms with Gasteiger partial charge in [-0.05, 0) is 41.6 Å². The number of fused-ring (bicyclic) bond motifs is 1. The zero-order valence-corrected chi connectivity index (χ0v) is 10.8. The molecule has 0 fully saturated rings. The van der Waals surface area contributed by atoms with E-state index in [9.17, 15) is 5.11 Å². The minimum absolute atomic E-state index is 0.581. The van der Waals surface area contributed by atoms with Gasteiger partial charge in [0.15, 0.2) is 0 Å². The molecule has 0 aliphatic rings. The molecule has 3 rings (SSSR count). The Morgan fingerprint density at radius 3 is 2.89 bits per heavy atom. The largest absolute Gasteiger partial charge is 0.384 e. The van der Waals surface area contributed by atoms with Crippen molar-refractivity contribution in [2.45, 2.75) is 13.0 Å². The molecule has 2 aromatic heterocycles. The average Bonchev–Trinajstić information content (AvgIpc) is 2.84. The molecule has 0 saturated carbocycles. The summed E-state index contributed by atoms with van der Waals surface area (Å²) in [7, 11) is 0. The van der Waals surface area contributed by atoms with E-state index in [1.165, 1.54) is 4.88 Å². The molecule has 0 spiro atoms. The van der Waals surface area contributed by atoms with E-state index in [0.29, 0.717) is 0 Å². The van der Waals surface area contributed by atoms with Gasteiger partial charge in [-0.3, -0.25) is 4.98 Å². The zero-order valence-electron chi connectivity index (χ0n) is 10.00. The molecule has 0 radical (unpaired) electrons. The summed E-state index contributed by atoms with van der Waals surface area (Å²) >= 11 is 1.66. The van der Waals surface area contributed by atoms with E-state index in [1.807, 2.05) is 48.7 Å². The first-order valence-corrected chi connectivity index (χ1v) is 6.70. The lowest BCUT2D eigenvalue weighted by Gasteiger charge is -2.12. The van der Waals surface area contributed by atoms with Gasteiger partial charge < -0.3 is 5.11 Å². The van der Waals surface area contributed by atoms with Crippen LogP contribution in [0.1, 0.15) is 22.1 Å². The Bertz CT molecular complexity index is 684. The topological polar surface area (TPSA) is 33.1 Å². The third kappa shape index (κ3) is 1.92. The maximum absolute atomic E-state index is 10.5. The molecule has 1 N–H and O–H groups in total. The number of rotatable bonds is 2. The Balaban J connectivity index is 2.14. The second kappa shape index (κ2) is 4.52. The fourth-order valence-corrected chi connectivity index (χ4v) is 2.88. The standard InChI is InChI=1S/C15H13NOS/c1-10-8-11(9-18-10)15(17)13-4-2-6-14-12(13)5-3-7-16-14/h2-9,15,17H,1H3. The Hall–Kier alpha value is -1.71. The Labute approximate surface area is 110 Å². The van der Waals surface area contributed by atoms with Crippen molar-refractivity contribution in [1.29, 1.82) is 0 Å². The Kier molecular flexibility index (Phi) is 2.86. The number of hydrogen-bond donors (Lipinski definition) is 1. The van der Waals surface area contributed by atoms with Gasteiger partial charge in [-0.2, -0.15) is 0 Å². The van der Waals surface area contributed by atoms with Gasteiger partial charge >= 0.3 is 0 Å². The van der Waals surface area contributed by atoms with Crippen LogP contribution in [0.5, 0.6) is 0 Å². The van der Waals surface area contributed by atoms with Crippen LogP contribution in [0.3, 0.4) is 0 Å². The fourth-order valence-electron chi connectivity index (χ4n) is 2.15. The highest BCUT2D eigenvalue weighted by atomic mass is 32.1. The van der Waals surface area contributed by atoms with Crippen molar-refractivity contribution in [3.8, 4) is 0 Å². The number of benzene rings is 1. The van der Waals surface area contributed by atoms with Gasteiger partial charge in [-0.15, -0.1) is 11.3 Å². The summed E-state index contributed by atoms with van der Waals surface area (Å²) in [6, 6.07) is 11.8. The van der Waals surface area contributed by atoms with Crippen LogP contribution in [0.15, 0.2) is 48.0 Å². The second-order valence-corrected chi connectivity index (χ2v) is 5.43. The quantitative estimate of drug-likeness (QED) is 0.757. The summed E-state index contributed by atoms with van der Waals surface area (Å²) in [6.07, 6.45) is 1.19. The fraction of sp³-hybridized carbons (Fsp3) is 0.133. The summed E-state index contributed by atoms with van der Waals surface area (Å²) in [5.74, 6) is 0. The summed E-state index contributed by atoms with van der Waals surface area (Å²) < 4.78 is 0. The highest BCUT2D eigenvalue weighted by molar-refractivity contribution is 7.10. The van der Waals surface area contributed by atoms with Gasteiger partial charge in [0, 0.05) is 16.5 Å². The van der Waals surface area contributed by atoms with Crippen LogP contribution < -0.4 is 0 Å². The molecule has 1 unspecified atom stereocenters. The van der Waals surface area contributed by atoms with E-state index in [-0.39, 0.29) is 0 Å². The average molecular weight is 255 g/mol. The number of thiophene rings is 1. The molecule has 2 heterocycles. The summed E-state index contributed by atoms with van der Waals surface area (Å²) in [6.45, 7) is 2.05. The first-order valence-electron chi connectivity index (χ1n) is 5.82. The monoisotopic (exact) mass is 255 g/mol. The highest BCUT2D eigenvalue weighted by Gasteiger charge is 2.14. The summed E-state index contributed by atoms with van der Waals surface area (Å²) in [5, 5.41) is 13.5. The molecule has 1 atom stereocenters. The SMILES string of the molecule is Cc1cc(C(O)c2cccc3ncccc23)cs1. The number of aliphatic hydroxyl groups is 1. The zero-order chi connectivity index (χ0) is 12.5. The number of nitrogens with zero attached hydrogens (tertiary/aromatic N) is 1. The van der Waals surface area contributed by atoms with Gasteiger partial charge in [0.2, 0.25) is 0 Å². The van der Waals surface area contributed by atoms with Gasteiger partial charge in [0.05, 0.1) is 5.52 Å². The van der Waals surface area contributed by atoms with Crippen LogP contribution in [-0.2, 0) is 0 Å². The number of aliphatic hydroxyl groups excluding tert-OH is 1. The van der Waals surface area contributed by atoms with Crippen LogP contribution in [0.25, 0.3) is 10.9 Å². The first-order chi connectivity index (χ1) is 8.75. The molecule has 90 valence electrons. The van der Waals surface area contributed by atoms with Crippen LogP contribution in [0, 0.1) is 6.92 Å². The highest BCUT2D eigenvalue weighted by Crippen LogP contribution is 2.30. The Morgan fingerprint density at radius 1 is 1.22 bits per heavy atom. The van der Waals surface area contributed by atoms with Crippen molar-refractivity contribution >= 4 is 22.2 Å². The second-order valence-electron chi connectivity index (χ2n) is 4.31. The minimum Gasteiger partial charge on any atom is -0.384 e. The maximum Gasteiger partial charge on any atom is 0.106 e. The molecule has 0 aliphatic heterocycles. The smallest absolute Gasteiger partial charge is 0.106 e. The molecule has 0 saturated heterocycles. The van der Waals surface area contributed by atoms with Crippen molar-refractivity contribution in [2.75, 3.05) is 0 Å². The van der Waals surface area contributed by atoms with Gasteiger partial charge in [-0.1, -0.05) is 18.2 Å². The minimum atomic E-state index is -0.581. The molecular weight excluding hydrogens is 242 g/mol. The number of pyridine rings is 1. The van der Waals surface area contributed by atoms with Crippen LogP contribution in [0.2, 0.25) is 0 Å². The van der Waals surface area contributed by atoms with E-state index in [4.69, 9.17) is 0 Å². The van der Waals surface area contributed by atoms with E-state index >= 15 is 0 Å². The molecule has 1 aromatic carbocycles. The van der Waals surface area contributed by atoms with Gasteiger partial charge in [0.25, 0.3) is 0 Å². The molecule has 3 heteroatoms. The molecule has 0 bridgehead atoms. The predicted octanol–water partition coefficient (Wildman–Crippen LogP) is 3.69. The van der Waals surface area contributed by atoms with Crippen LogP contribution >= 0.6 is 11.3 Å². The Morgan fingerprint density at radius 2 is 2.11 bits per heavy atom. The van der Waals surface area contributed by atoms with Gasteiger partial charge in [0.1, 0.15) is 6.10 Å². The third-order valence-corrected chi connectivity index (χ3v) is 3.92. The number of hydrogen-bond acceptors (Lipinski definition) is 3. The summed E-state index contributed by atoms with van der Waals surface area (Å²) in [5.41, 5.74) is 2.79. The molecule has 0 amide bonds. The molecule has 18 heavy (non-hydrogen) atoms. The van der Waals surface area contributed by atoms with Crippen LogP contribution in [-0.4, -0.2) is 10.1 Å². The van der Waals surface area contributed by atoms with Crippen molar-refractivity contribution in [1.82, 2.24) is 4.98 Å². The van der Waals surface area contributed by atoms with Crippen LogP contribution in [0.4, 0.5) is 0 Å². The van der Waals surface area contributed by atoms with Crippen molar-refractivity contribution < 1.29 is 5.11 Å². The number of aromatic nitrogens is 1. The predicted molar refractivity (Wildman–Crippen MR) is 74.9 cm³/mol. The molecular formula is C15H13NOS. The van der Waals surface area contributed by atoms with Crippen molar-refractivity contribution in [2.24, 2.45) is 0 Å².